The highest BCUT2D eigenvalue weighted by Crippen LogP contribution is 1.79. The van der Waals surface area contributed by atoms with Crippen LogP contribution >= 0.6 is 23.8 Å². The first kappa shape index (κ1) is 4.31. The smallest absolute Gasteiger partial charge is 0.180 e. The molecule has 0 aliphatic heterocycles. The lowest BCUT2D eigenvalue weighted by atomic mass is 11.8. The van der Waals surface area contributed by atoms with Gasteiger partial charge in [0, 0.05) is 0 Å². The molecule has 0 aliphatic carbocycles. The van der Waals surface area contributed by atoms with Crippen molar-refractivity contribution in [1.29, 1.82) is 0 Å². The average molecular weight is 98.5 g/mol. The number of thiocarbonyl (C=S) groups is 1. The molecule has 24 valence electrons. The Balaban J connectivity index is 2.80. The Kier molecular flexibility index (Phi) is 1.74. The van der Waals surface area contributed by atoms with Gasteiger partial charge in [0.05, 0.1) is 0 Å². The van der Waals surface area contributed by atoms with Crippen molar-refractivity contribution < 1.29 is 4.39 Å². The highest BCUT2D eigenvalue weighted by Gasteiger charge is 1.67. The molecule has 0 aromatic heterocycles. The summed E-state index contributed by atoms with van der Waals surface area (Å²) in [6.45, 7) is 0. The summed E-state index contributed by atoms with van der Waals surface area (Å²) in [6, 6.07) is 0. The zero-order valence-electron chi connectivity index (χ0n) is 1.66. The molecule has 4 heavy (non-hydrogen) atoms. The van der Waals surface area contributed by atoms with Crippen LogP contribution in [0.2, 0.25) is 0 Å². The summed E-state index contributed by atoms with van der Waals surface area (Å²) in [5, 5.41) is 0. The fourth-order valence-corrected chi connectivity index (χ4v) is 0. The molecule has 0 spiro atoms. The van der Waals surface area contributed by atoms with Gasteiger partial charge >= 0.3 is 0 Å². The summed E-state index contributed by atoms with van der Waals surface area (Å²) in [5.41, 5.74) is 0. The van der Waals surface area contributed by atoms with E-state index in [4.69, 9.17) is 0 Å². The van der Waals surface area contributed by atoms with Gasteiger partial charge in [-0.15, -0.1) is 0 Å². The first-order chi connectivity index (χ1) is 1.73. The standard InChI is InChI=1S/CClFS/c2-1(3)4. The minimum absolute atomic E-state index is 1.03. The Labute approximate surface area is 33.6 Å². The molecule has 0 rings (SSSR count). The second-order valence-corrected chi connectivity index (χ2v) is 1.14. The van der Waals surface area contributed by atoms with Crippen LogP contribution in [0.4, 0.5) is 4.39 Å². The SMILES string of the molecule is FC(=S)Cl. The van der Waals surface area contributed by atoms with Crippen molar-refractivity contribution in [3.05, 3.63) is 0 Å². The molecule has 0 aromatic rings. The first-order valence-corrected chi connectivity index (χ1v) is 1.37. The van der Waals surface area contributed by atoms with E-state index < -0.39 is 4.58 Å². The van der Waals surface area contributed by atoms with Gasteiger partial charge in [-0.1, -0.05) is 0 Å². The van der Waals surface area contributed by atoms with E-state index in [2.05, 4.69) is 23.8 Å². The summed E-state index contributed by atoms with van der Waals surface area (Å²) in [7, 11) is 0. The third kappa shape index (κ3) is 41.3. The van der Waals surface area contributed by atoms with Crippen molar-refractivity contribution in [1.82, 2.24) is 0 Å². The van der Waals surface area contributed by atoms with Crippen molar-refractivity contribution in [3.63, 3.8) is 0 Å². The van der Waals surface area contributed by atoms with Gasteiger partial charge in [-0.25, -0.2) is 0 Å². The zero-order valence-corrected chi connectivity index (χ0v) is 3.24. The highest BCUT2D eigenvalue weighted by molar-refractivity contribution is 7.82. The lowest BCUT2D eigenvalue weighted by Crippen LogP contribution is -1.49. The summed E-state index contributed by atoms with van der Waals surface area (Å²) in [4.78, 5) is 0. The molecule has 0 atom stereocenters. The zero-order chi connectivity index (χ0) is 3.58. The second-order valence-electron chi connectivity index (χ2n) is 0.226. The van der Waals surface area contributed by atoms with E-state index in [1.54, 1.807) is 0 Å². The molecule has 3 heteroatoms. The average Bonchev–Trinajstić information content (AvgIpc) is 0.811. The predicted molar refractivity (Wildman–Crippen MR) is 19.6 cm³/mol. The van der Waals surface area contributed by atoms with Crippen LogP contribution in [0.25, 0.3) is 0 Å². The van der Waals surface area contributed by atoms with Crippen LogP contribution < -0.4 is 0 Å². The summed E-state index contributed by atoms with van der Waals surface area (Å²) < 4.78 is 9.47. The number of rotatable bonds is 0. The normalized spacial score (nSPS) is 6.50. The third-order valence-corrected chi connectivity index (χ3v) is 0. The van der Waals surface area contributed by atoms with Crippen molar-refractivity contribution in [2.75, 3.05) is 0 Å². The van der Waals surface area contributed by atoms with Crippen molar-refractivity contribution in [3.8, 4) is 0 Å². The van der Waals surface area contributed by atoms with Crippen LogP contribution in [0.5, 0.6) is 0 Å². The maximum atomic E-state index is 10.5. The van der Waals surface area contributed by atoms with Crippen LogP contribution in [0.1, 0.15) is 0 Å². The number of halogens is 2. The van der Waals surface area contributed by atoms with Gasteiger partial charge in [0.2, 0.25) is 0 Å². The maximum absolute atomic E-state index is 10.5. The maximum Gasteiger partial charge on any atom is 0.253 e. The van der Waals surface area contributed by atoms with E-state index in [0.717, 1.165) is 0 Å². The van der Waals surface area contributed by atoms with Crippen molar-refractivity contribution in [2.45, 2.75) is 0 Å². The summed E-state index contributed by atoms with van der Waals surface area (Å²) in [6.07, 6.45) is 0. The molecule has 0 N–H and O–H groups in total. The van der Waals surface area contributed by atoms with E-state index in [0.29, 0.717) is 0 Å². The Morgan fingerprint density at radius 2 is 2.00 bits per heavy atom. The lowest BCUT2D eigenvalue weighted by molar-refractivity contribution is 0.851. The minimum Gasteiger partial charge on any atom is -0.180 e. The highest BCUT2D eigenvalue weighted by atomic mass is 35.5. The van der Waals surface area contributed by atoms with Gasteiger partial charge in [-0.2, -0.15) is 4.39 Å². The molecular formula is CClFS. The first-order valence-electron chi connectivity index (χ1n) is 0.582. The van der Waals surface area contributed by atoms with E-state index in [9.17, 15) is 4.39 Å². The van der Waals surface area contributed by atoms with Crippen LogP contribution in [0.15, 0.2) is 0 Å². The largest absolute Gasteiger partial charge is 0.253 e. The number of hydrogen-bond acceptors (Lipinski definition) is 1. The summed E-state index contributed by atoms with van der Waals surface area (Å²) in [5.74, 6) is 0. The fourth-order valence-electron chi connectivity index (χ4n) is 0. The molecule has 0 nitrogen and oxygen atoms in total. The van der Waals surface area contributed by atoms with Crippen molar-refractivity contribution in [2.24, 2.45) is 0 Å². The van der Waals surface area contributed by atoms with E-state index in [1.807, 2.05) is 0 Å². The molecule has 0 heterocycles. The quantitative estimate of drug-likeness (QED) is 0.327. The lowest BCUT2D eigenvalue weighted by Gasteiger charge is -1.51. The molecule has 0 aliphatic rings. The Morgan fingerprint density at radius 3 is 2.00 bits per heavy atom. The Hall–Kier alpha value is 0.310. The molecular weight excluding hydrogens is 98.5 g/mol. The number of hydrogen-bond donors (Lipinski definition) is 0. The van der Waals surface area contributed by atoms with Gasteiger partial charge in [0.25, 0.3) is 4.58 Å². The Bertz CT molecular complexity index is 31.0. The predicted octanol–water partition coefficient (Wildman–Crippen LogP) is 1.48. The molecule has 0 saturated carbocycles. The molecule has 0 unspecified atom stereocenters. The topological polar surface area (TPSA) is 0 Å². The van der Waals surface area contributed by atoms with Gasteiger partial charge in [0.15, 0.2) is 0 Å². The van der Waals surface area contributed by atoms with Crippen LogP contribution in [-0.4, -0.2) is 4.58 Å². The van der Waals surface area contributed by atoms with Crippen LogP contribution in [0, 0.1) is 0 Å². The van der Waals surface area contributed by atoms with Crippen molar-refractivity contribution >= 4 is 28.4 Å². The Morgan fingerprint density at radius 1 is 2.00 bits per heavy atom. The monoisotopic (exact) mass is 97.9 g/mol. The van der Waals surface area contributed by atoms with Crippen LogP contribution in [0.3, 0.4) is 0 Å². The molecule has 0 amide bonds. The molecule has 0 bridgehead atoms. The van der Waals surface area contributed by atoms with Gasteiger partial charge in [-0.05, 0) is 23.8 Å². The molecule has 0 radical (unpaired) electrons. The molecule has 0 fully saturated rings. The van der Waals surface area contributed by atoms with Crippen LogP contribution in [-0.2, 0) is 0 Å². The fraction of sp³-hybridized carbons (Fsp3) is 0. The van der Waals surface area contributed by atoms with Gasteiger partial charge < -0.3 is 0 Å². The summed E-state index contributed by atoms with van der Waals surface area (Å²) >= 11 is 7.98. The second kappa shape index (κ2) is 1.61. The van der Waals surface area contributed by atoms with Gasteiger partial charge in [-0.3, -0.25) is 0 Å². The minimum atomic E-state index is -1.03. The third-order valence-electron chi connectivity index (χ3n) is 0. The molecule has 0 saturated heterocycles. The van der Waals surface area contributed by atoms with E-state index in [1.165, 1.54) is 0 Å². The van der Waals surface area contributed by atoms with E-state index in [-0.39, 0.29) is 0 Å². The van der Waals surface area contributed by atoms with Gasteiger partial charge in [0.1, 0.15) is 0 Å². The van der Waals surface area contributed by atoms with E-state index >= 15 is 0 Å². The molecule has 0 aromatic carbocycles.